The van der Waals surface area contributed by atoms with Crippen LogP contribution in [0.1, 0.15) is 16.1 Å². The van der Waals surface area contributed by atoms with E-state index in [-0.39, 0.29) is 12.2 Å². The molecular weight excluding hydrogens is 231 g/mol. The third-order valence-corrected chi connectivity index (χ3v) is 3.05. The topological polar surface area (TPSA) is 34.1 Å². The molecule has 1 aromatic heterocycles. The molecule has 0 bridgehead atoms. The van der Waals surface area contributed by atoms with Gasteiger partial charge in [-0.2, -0.15) is 0 Å². The van der Waals surface area contributed by atoms with Gasteiger partial charge in [-0.05, 0) is 23.0 Å². The van der Waals surface area contributed by atoms with Crippen LogP contribution >= 0.6 is 34.5 Å². The maximum Gasteiger partial charge on any atom is 0.239 e. The fourth-order valence-corrected chi connectivity index (χ4v) is 1.67. The van der Waals surface area contributed by atoms with Crippen LogP contribution in [0.2, 0.25) is 0 Å². The first kappa shape index (κ1) is 10.7. The summed E-state index contributed by atoms with van der Waals surface area (Å²) in [5, 5.41) is 0.182. The Morgan fingerprint density at radius 1 is 1.54 bits per heavy atom. The van der Waals surface area contributed by atoms with Crippen LogP contribution in [0.25, 0.3) is 0 Å². The number of halogens is 2. The molecule has 0 spiro atoms. The minimum absolute atomic E-state index is 0.0373. The normalized spacial score (nSPS) is 12.5. The van der Waals surface area contributed by atoms with Crippen molar-refractivity contribution in [2.45, 2.75) is 11.8 Å². The van der Waals surface area contributed by atoms with Crippen LogP contribution in [0, 0.1) is 0 Å². The largest absolute Gasteiger partial charge is 0.293 e. The zero-order chi connectivity index (χ0) is 9.84. The van der Waals surface area contributed by atoms with Crippen LogP contribution in [0.4, 0.5) is 0 Å². The van der Waals surface area contributed by atoms with Gasteiger partial charge in [0.1, 0.15) is 5.38 Å². The molecular formula is C8H6Cl2O2S. The van der Waals surface area contributed by atoms with Crippen molar-refractivity contribution < 1.29 is 9.59 Å². The molecule has 0 aromatic carbocycles. The summed E-state index contributed by atoms with van der Waals surface area (Å²) in [5.74, 6) is -0.149. The van der Waals surface area contributed by atoms with Gasteiger partial charge in [0.25, 0.3) is 0 Å². The van der Waals surface area contributed by atoms with Crippen LogP contribution in [0.15, 0.2) is 17.5 Å². The third-order valence-electron chi connectivity index (χ3n) is 1.41. The van der Waals surface area contributed by atoms with E-state index >= 15 is 0 Å². The summed E-state index contributed by atoms with van der Waals surface area (Å²) < 4.78 is 0. The van der Waals surface area contributed by atoms with Gasteiger partial charge >= 0.3 is 0 Å². The van der Waals surface area contributed by atoms with Gasteiger partial charge in [0, 0.05) is 6.42 Å². The van der Waals surface area contributed by atoms with Crippen LogP contribution in [0.3, 0.4) is 0 Å². The average Bonchev–Trinajstić information content (AvgIpc) is 2.55. The summed E-state index contributed by atoms with van der Waals surface area (Å²) in [7, 11) is 0. The Hall–Kier alpha value is -0.380. The standard InChI is InChI=1S/C8H6Cl2O2S/c9-5(8(10)12)4-6(11)7-2-1-3-13-7/h1-3,5H,4H2. The van der Waals surface area contributed by atoms with Crippen molar-refractivity contribution in [3.05, 3.63) is 22.4 Å². The first-order chi connectivity index (χ1) is 6.11. The Morgan fingerprint density at radius 2 is 2.23 bits per heavy atom. The van der Waals surface area contributed by atoms with E-state index in [9.17, 15) is 9.59 Å². The molecule has 5 heteroatoms. The van der Waals surface area contributed by atoms with Gasteiger partial charge in [-0.1, -0.05) is 6.07 Å². The number of rotatable bonds is 4. The van der Waals surface area contributed by atoms with Crippen LogP contribution in [-0.2, 0) is 4.79 Å². The predicted octanol–water partition coefficient (Wildman–Crippen LogP) is 2.69. The van der Waals surface area contributed by atoms with Crippen LogP contribution < -0.4 is 0 Å². The molecule has 0 saturated carbocycles. The van der Waals surface area contributed by atoms with Crippen molar-refractivity contribution in [3.63, 3.8) is 0 Å². The zero-order valence-corrected chi connectivity index (χ0v) is 8.83. The molecule has 70 valence electrons. The second-order valence-electron chi connectivity index (χ2n) is 2.38. The Kier molecular flexibility index (Phi) is 3.90. The average molecular weight is 237 g/mol. The molecule has 0 aliphatic heterocycles. The van der Waals surface area contributed by atoms with Gasteiger partial charge in [0.2, 0.25) is 5.24 Å². The lowest BCUT2D eigenvalue weighted by Gasteiger charge is -2.00. The van der Waals surface area contributed by atoms with Gasteiger partial charge in [-0.25, -0.2) is 0 Å². The Balaban J connectivity index is 2.56. The van der Waals surface area contributed by atoms with Crippen molar-refractivity contribution in [2.75, 3.05) is 0 Å². The molecule has 0 radical (unpaired) electrons. The highest BCUT2D eigenvalue weighted by Crippen LogP contribution is 2.15. The molecule has 2 nitrogen and oxygen atoms in total. The molecule has 1 unspecified atom stereocenters. The minimum atomic E-state index is -0.920. The summed E-state index contributed by atoms with van der Waals surface area (Å²) >= 11 is 12.0. The highest BCUT2D eigenvalue weighted by Gasteiger charge is 2.18. The van der Waals surface area contributed by atoms with Crippen molar-refractivity contribution in [3.8, 4) is 0 Å². The van der Waals surface area contributed by atoms with E-state index < -0.39 is 10.6 Å². The number of hydrogen-bond donors (Lipinski definition) is 0. The number of alkyl halides is 1. The molecule has 0 saturated heterocycles. The lowest BCUT2D eigenvalue weighted by Crippen LogP contribution is -2.13. The van der Waals surface area contributed by atoms with Crippen molar-refractivity contribution in [1.82, 2.24) is 0 Å². The number of thiophene rings is 1. The first-order valence-corrected chi connectivity index (χ1v) is 5.21. The van der Waals surface area contributed by atoms with E-state index in [2.05, 4.69) is 0 Å². The fraction of sp³-hybridized carbons (Fsp3) is 0.250. The number of Topliss-reactive ketones (excluding diaryl/α,β-unsaturated/α-hetero) is 1. The van der Waals surface area contributed by atoms with E-state index in [0.717, 1.165) is 0 Å². The smallest absolute Gasteiger partial charge is 0.239 e. The SMILES string of the molecule is O=C(CC(Cl)C(=O)Cl)c1cccs1. The second kappa shape index (κ2) is 4.74. The third kappa shape index (κ3) is 3.10. The van der Waals surface area contributed by atoms with Crippen molar-refractivity contribution in [2.24, 2.45) is 0 Å². The molecule has 0 aliphatic carbocycles. The fourth-order valence-electron chi connectivity index (χ4n) is 0.781. The number of carbonyl (C=O) groups is 2. The highest BCUT2D eigenvalue weighted by molar-refractivity contribution is 7.12. The number of carbonyl (C=O) groups excluding carboxylic acids is 2. The molecule has 1 atom stereocenters. The Morgan fingerprint density at radius 3 is 2.69 bits per heavy atom. The predicted molar refractivity (Wildman–Crippen MR) is 53.8 cm³/mol. The lowest BCUT2D eigenvalue weighted by molar-refractivity contribution is -0.111. The van der Waals surface area contributed by atoms with Gasteiger partial charge < -0.3 is 0 Å². The summed E-state index contributed by atoms with van der Waals surface area (Å²) in [6.07, 6.45) is -0.0373. The lowest BCUT2D eigenvalue weighted by atomic mass is 10.2. The Bertz CT molecular complexity index is 308. The molecule has 0 amide bonds. The van der Waals surface area contributed by atoms with E-state index in [1.54, 1.807) is 17.5 Å². The molecule has 1 heterocycles. The van der Waals surface area contributed by atoms with E-state index in [0.29, 0.717) is 4.88 Å². The second-order valence-corrected chi connectivity index (χ2v) is 4.22. The number of hydrogen-bond acceptors (Lipinski definition) is 3. The van der Waals surface area contributed by atoms with Gasteiger partial charge in [-0.15, -0.1) is 22.9 Å². The molecule has 0 N–H and O–H groups in total. The van der Waals surface area contributed by atoms with Crippen molar-refractivity contribution >= 4 is 45.6 Å². The maximum atomic E-state index is 11.3. The molecule has 0 aliphatic rings. The van der Waals surface area contributed by atoms with E-state index in [4.69, 9.17) is 23.2 Å². The highest BCUT2D eigenvalue weighted by atomic mass is 35.5. The zero-order valence-electron chi connectivity index (χ0n) is 6.50. The minimum Gasteiger partial charge on any atom is -0.293 e. The van der Waals surface area contributed by atoms with Gasteiger partial charge in [-0.3, -0.25) is 9.59 Å². The van der Waals surface area contributed by atoms with E-state index in [1.807, 2.05) is 0 Å². The van der Waals surface area contributed by atoms with Gasteiger partial charge in [0.15, 0.2) is 5.78 Å². The van der Waals surface area contributed by atoms with Gasteiger partial charge in [0.05, 0.1) is 4.88 Å². The van der Waals surface area contributed by atoms with E-state index in [1.165, 1.54) is 11.3 Å². The molecule has 1 rings (SSSR count). The molecule has 13 heavy (non-hydrogen) atoms. The monoisotopic (exact) mass is 236 g/mol. The maximum absolute atomic E-state index is 11.3. The summed E-state index contributed by atoms with van der Waals surface area (Å²) in [6.45, 7) is 0. The van der Waals surface area contributed by atoms with Crippen LogP contribution in [0.5, 0.6) is 0 Å². The van der Waals surface area contributed by atoms with Crippen molar-refractivity contribution in [1.29, 1.82) is 0 Å². The molecule has 1 aromatic rings. The quantitative estimate of drug-likeness (QED) is 0.458. The summed E-state index contributed by atoms with van der Waals surface area (Å²) in [5.41, 5.74) is 0. The summed E-state index contributed by atoms with van der Waals surface area (Å²) in [4.78, 5) is 22.5. The Labute approximate surface area is 89.5 Å². The molecule has 0 fully saturated rings. The van der Waals surface area contributed by atoms with Crippen LogP contribution in [-0.4, -0.2) is 16.4 Å². The summed E-state index contributed by atoms with van der Waals surface area (Å²) in [6, 6.07) is 3.46. The first-order valence-electron chi connectivity index (χ1n) is 3.51. The number of ketones is 1.